The van der Waals surface area contributed by atoms with E-state index in [1.807, 2.05) is 24.3 Å². The second-order valence-corrected chi connectivity index (χ2v) is 6.55. The fourth-order valence-electron chi connectivity index (χ4n) is 3.85. The van der Waals surface area contributed by atoms with Gasteiger partial charge in [-0.2, -0.15) is 0 Å². The molecule has 3 rings (SSSR count). The van der Waals surface area contributed by atoms with Crippen LogP contribution in [0.5, 0.6) is 5.75 Å². The maximum atomic E-state index is 12.6. The first-order chi connectivity index (χ1) is 11.1. The van der Waals surface area contributed by atoms with Crippen molar-refractivity contribution in [2.24, 2.45) is 11.8 Å². The number of aliphatic carboxylic acids is 1. The van der Waals surface area contributed by atoms with Crippen LogP contribution in [0.3, 0.4) is 0 Å². The van der Waals surface area contributed by atoms with E-state index in [9.17, 15) is 14.7 Å². The van der Waals surface area contributed by atoms with Crippen LogP contribution in [-0.2, 0) is 9.59 Å². The molecule has 1 aromatic carbocycles. The van der Waals surface area contributed by atoms with Crippen LogP contribution in [0.15, 0.2) is 24.3 Å². The lowest BCUT2D eigenvalue weighted by atomic mass is 9.89. The summed E-state index contributed by atoms with van der Waals surface area (Å²) in [5, 5.41) is 9.55. The third kappa shape index (κ3) is 3.19. The standard InChI is InChI=1S/C18H23NO4/c1-23-14-8-6-12(7-9-14)15-10-19(11-16(15)18(21)22)17(20)13-4-2-3-5-13/h6-9,13,15-16H,2-5,10-11H2,1H3,(H,21,22)/t15-,16+/m0/s1. The summed E-state index contributed by atoms with van der Waals surface area (Å²) in [6, 6.07) is 7.50. The Balaban J connectivity index is 1.77. The molecule has 1 saturated heterocycles. The number of methoxy groups -OCH3 is 1. The van der Waals surface area contributed by atoms with Crippen LogP contribution >= 0.6 is 0 Å². The minimum absolute atomic E-state index is 0.0964. The quantitative estimate of drug-likeness (QED) is 0.926. The number of hydrogen-bond acceptors (Lipinski definition) is 3. The van der Waals surface area contributed by atoms with Crippen molar-refractivity contribution >= 4 is 11.9 Å². The van der Waals surface area contributed by atoms with Crippen molar-refractivity contribution in [3.05, 3.63) is 29.8 Å². The summed E-state index contributed by atoms with van der Waals surface area (Å²) in [5.41, 5.74) is 0.958. The number of likely N-dealkylation sites (tertiary alicyclic amines) is 1. The zero-order valence-corrected chi connectivity index (χ0v) is 13.4. The average Bonchev–Trinajstić information content (AvgIpc) is 3.24. The Morgan fingerprint density at radius 2 is 1.78 bits per heavy atom. The number of carbonyl (C=O) groups is 2. The molecule has 0 aromatic heterocycles. The van der Waals surface area contributed by atoms with Gasteiger partial charge in [-0.25, -0.2) is 0 Å². The fraction of sp³-hybridized carbons (Fsp3) is 0.556. The molecule has 1 aliphatic heterocycles. The lowest BCUT2D eigenvalue weighted by molar-refractivity contribution is -0.142. The van der Waals surface area contributed by atoms with E-state index in [0.29, 0.717) is 13.1 Å². The Hall–Kier alpha value is -2.04. The molecular formula is C18H23NO4. The molecule has 1 aliphatic carbocycles. The van der Waals surface area contributed by atoms with E-state index < -0.39 is 11.9 Å². The highest BCUT2D eigenvalue weighted by Crippen LogP contribution is 2.36. The molecule has 1 amide bonds. The molecule has 5 heteroatoms. The van der Waals surface area contributed by atoms with Gasteiger partial charge in [-0.15, -0.1) is 0 Å². The average molecular weight is 317 g/mol. The van der Waals surface area contributed by atoms with Gasteiger partial charge in [-0.1, -0.05) is 25.0 Å². The van der Waals surface area contributed by atoms with Crippen molar-refractivity contribution in [1.29, 1.82) is 0 Å². The van der Waals surface area contributed by atoms with Gasteiger partial charge in [0.15, 0.2) is 0 Å². The maximum absolute atomic E-state index is 12.6. The van der Waals surface area contributed by atoms with Crippen LogP contribution < -0.4 is 4.74 Å². The van der Waals surface area contributed by atoms with Crippen molar-refractivity contribution in [3.63, 3.8) is 0 Å². The highest BCUT2D eigenvalue weighted by atomic mass is 16.5. The summed E-state index contributed by atoms with van der Waals surface area (Å²) >= 11 is 0. The van der Waals surface area contributed by atoms with E-state index in [1.165, 1.54) is 0 Å². The molecule has 124 valence electrons. The minimum atomic E-state index is -0.826. The van der Waals surface area contributed by atoms with Gasteiger partial charge in [-0.05, 0) is 30.5 Å². The van der Waals surface area contributed by atoms with Crippen molar-refractivity contribution in [2.75, 3.05) is 20.2 Å². The monoisotopic (exact) mass is 317 g/mol. The predicted molar refractivity (Wildman–Crippen MR) is 85.4 cm³/mol. The van der Waals surface area contributed by atoms with Crippen LogP contribution in [0.4, 0.5) is 0 Å². The van der Waals surface area contributed by atoms with Crippen LogP contribution in [0.2, 0.25) is 0 Å². The number of hydrogen-bond donors (Lipinski definition) is 1. The number of ether oxygens (including phenoxy) is 1. The lowest BCUT2D eigenvalue weighted by Gasteiger charge is -2.20. The summed E-state index contributed by atoms with van der Waals surface area (Å²) < 4.78 is 5.15. The molecule has 1 aromatic rings. The molecule has 1 heterocycles. The third-order valence-electron chi connectivity index (χ3n) is 5.20. The van der Waals surface area contributed by atoms with Gasteiger partial charge in [0.05, 0.1) is 13.0 Å². The van der Waals surface area contributed by atoms with Crippen molar-refractivity contribution in [1.82, 2.24) is 4.90 Å². The highest BCUT2D eigenvalue weighted by molar-refractivity contribution is 5.81. The number of amides is 1. The van der Waals surface area contributed by atoms with Crippen molar-refractivity contribution in [3.8, 4) is 5.75 Å². The molecule has 0 bridgehead atoms. The number of benzene rings is 1. The largest absolute Gasteiger partial charge is 0.497 e. The van der Waals surface area contributed by atoms with Gasteiger partial charge in [-0.3, -0.25) is 9.59 Å². The van der Waals surface area contributed by atoms with Gasteiger partial charge >= 0.3 is 5.97 Å². The normalized spacial score (nSPS) is 24.8. The van der Waals surface area contributed by atoms with E-state index in [4.69, 9.17) is 4.74 Å². The molecule has 5 nitrogen and oxygen atoms in total. The Labute approximate surface area is 136 Å². The van der Waals surface area contributed by atoms with Crippen LogP contribution in [-0.4, -0.2) is 42.1 Å². The SMILES string of the molecule is COc1ccc([C@@H]2CN(C(=O)C3CCCC3)C[C@H]2C(=O)O)cc1. The molecule has 23 heavy (non-hydrogen) atoms. The van der Waals surface area contributed by atoms with E-state index in [1.54, 1.807) is 12.0 Å². The molecule has 2 aliphatic rings. The van der Waals surface area contributed by atoms with Crippen molar-refractivity contribution in [2.45, 2.75) is 31.6 Å². The Morgan fingerprint density at radius 1 is 1.13 bits per heavy atom. The molecule has 0 spiro atoms. The number of carboxylic acid groups (broad SMARTS) is 1. The summed E-state index contributed by atoms with van der Waals surface area (Å²) in [7, 11) is 1.60. The van der Waals surface area contributed by atoms with Gasteiger partial charge in [0.1, 0.15) is 5.75 Å². The van der Waals surface area contributed by atoms with E-state index in [-0.39, 0.29) is 17.7 Å². The Kier molecular flexibility index (Phi) is 4.55. The van der Waals surface area contributed by atoms with Gasteiger partial charge in [0.25, 0.3) is 0 Å². The molecule has 0 radical (unpaired) electrons. The van der Waals surface area contributed by atoms with E-state index >= 15 is 0 Å². The number of carboxylic acids is 1. The summed E-state index contributed by atoms with van der Waals surface area (Å²) in [6.45, 7) is 0.819. The molecule has 2 fully saturated rings. The first-order valence-corrected chi connectivity index (χ1v) is 8.25. The lowest BCUT2D eigenvalue weighted by Crippen LogP contribution is -2.34. The fourth-order valence-corrected chi connectivity index (χ4v) is 3.85. The van der Waals surface area contributed by atoms with Crippen LogP contribution in [0.25, 0.3) is 0 Å². The predicted octanol–water partition coefficient (Wildman–Crippen LogP) is 2.51. The smallest absolute Gasteiger partial charge is 0.308 e. The second kappa shape index (κ2) is 6.60. The number of rotatable bonds is 4. The van der Waals surface area contributed by atoms with Gasteiger partial charge in [0, 0.05) is 24.9 Å². The first kappa shape index (κ1) is 15.8. The molecule has 0 unspecified atom stereocenters. The van der Waals surface area contributed by atoms with Gasteiger partial charge < -0.3 is 14.7 Å². The molecule has 1 saturated carbocycles. The zero-order chi connectivity index (χ0) is 16.4. The summed E-state index contributed by atoms with van der Waals surface area (Å²) in [6.07, 6.45) is 4.10. The zero-order valence-electron chi connectivity index (χ0n) is 13.4. The first-order valence-electron chi connectivity index (χ1n) is 8.25. The second-order valence-electron chi connectivity index (χ2n) is 6.55. The van der Waals surface area contributed by atoms with Crippen LogP contribution in [0.1, 0.15) is 37.2 Å². The van der Waals surface area contributed by atoms with E-state index in [2.05, 4.69) is 0 Å². The summed E-state index contributed by atoms with van der Waals surface area (Å²) in [5.74, 6) is -0.522. The topological polar surface area (TPSA) is 66.8 Å². The van der Waals surface area contributed by atoms with E-state index in [0.717, 1.165) is 37.0 Å². The number of carbonyl (C=O) groups excluding carboxylic acids is 1. The maximum Gasteiger partial charge on any atom is 0.308 e. The Bertz CT molecular complexity index is 577. The Morgan fingerprint density at radius 3 is 2.35 bits per heavy atom. The third-order valence-corrected chi connectivity index (χ3v) is 5.20. The van der Waals surface area contributed by atoms with Gasteiger partial charge in [0.2, 0.25) is 5.91 Å². The molecule has 2 atom stereocenters. The highest BCUT2D eigenvalue weighted by Gasteiger charge is 2.42. The summed E-state index contributed by atoms with van der Waals surface area (Å²) in [4.78, 5) is 26.0. The van der Waals surface area contributed by atoms with Crippen LogP contribution in [0, 0.1) is 11.8 Å². The minimum Gasteiger partial charge on any atom is -0.497 e. The molecule has 1 N–H and O–H groups in total. The number of nitrogens with zero attached hydrogens (tertiary/aromatic N) is 1. The molecular weight excluding hydrogens is 294 g/mol. The van der Waals surface area contributed by atoms with Crippen molar-refractivity contribution < 1.29 is 19.4 Å².